The molecule has 1 aromatic rings. The maximum atomic E-state index is 11.7. The molecular formula is C15H23BrN2O3. The number of amides is 1. The molecule has 1 amide bonds. The number of aryl methyl sites for hydroxylation is 1. The Morgan fingerprint density at radius 3 is 2.86 bits per heavy atom. The lowest BCUT2D eigenvalue weighted by Crippen LogP contribution is -2.30. The second kappa shape index (κ2) is 9.76. The Labute approximate surface area is 134 Å². The average molecular weight is 359 g/mol. The highest BCUT2D eigenvalue weighted by Gasteiger charge is 2.10. The van der Waals surface area contributed by atoms with Gasteiger partial charge in [0.15, 0.2) is 6.61 Å². The van der Waals surface area contributed by atoms with E-state index >= 15 is 0 Å². The number of nitrogens with two attached hydrogens (primary N) is 1. The minimum absolute atomic E-state index is 0.00697. The molecule has 0 bridgehead atoms. The summed E-state index contributed by atoms with van der Waals surface area (Å²) in [4.78, 5) is 11.7. The Balaban J connectivity index is 2.56. The summed E-state index contributed by atoms with van der Waals surface area (Å²) in [6.45, 7) is 3.72. The van der Waals surface area contributed by atoms with Crippen LogP contribution in [0.4, 0.5) is 0 Å². The Morgan fingerprint density at radius 1 is 1.43 bits per heavy atom. The first-order valence-electron chi connectivity index (χ1n) is 6.96. The molecule has 0 radical (unpaired) electrons. The number of benzene rings is 1. The van der Waals surface area contributed by atoms with Crippen molar-refractivity contribution in [2.45, 2.75) is 19.8 Å². The normalized spacial score (nSPS) is 10.5. The van der Waals surface area contributed by atoms with Gasteiger partial charge in [-0.05, 0) is 49.6 Å². The first kappa shape index (κ1) is 17.9. The maximum Gasteiger partial charge on any atom is 0.257 e. The lowest BCUT2D eigenvalue weighted by molar-refractivity contribution is -0.123. The molecule has 1 aromatic carbocycles. The summed E-state index contributed by atoms with van der Waals surface area (Å²) >= 11 is 3.46. The third-order valence-corrected chi connectivity index (χ3v) is 3.38. The van der Waals surface area contributed by atoms with Crippen molar-refractivity contribution < 1.29 is 14.3 Å². The van der Waals surface area contributed by atoms with Gasteiger partial charge in [0.25, 0.3) is 5.91 Å². The Morgan fingerprint density at radius 2 is 2.19 bits per heavy atom. The van der Waals surface area contributed by atoms with Crippen molar-refractivity contribution in [1.29, 1.82) is 0 Å². The molecular weight excluding hydrogens is 336 g/mol. The van der Waals surface area contributed by atoms with Crippen molar-refractivity contribution in [2.24, 2.45) is 5.73 Å². The van der Waals surface area contributed by atoms with Gasteiger partial charge in [-0.1, -0.05) is 15.9 Å². The fourth-order valence-corrected chi connectivity index (χ4v) is 2.60. The van der Waals surface area contributed by atoms with Crippen LogP contribution in [0.2, 0.25) is 0 Å². The molecule has 0 aliphatic heterocycles. The number of carbonyl (C=O) groups excluding carboxylic acids is 1. The van der Waals surface area contributed by atoms with Crippen LogP contribution >= 0.6 is 15.9 Å². The van der Waals surface area contributed by atoms with Crippen LogP contribution in [-0.4, -0.2) is 39.3 Å². The van der Waals surface area contributed by atoms with Crippen molar-refractivity contribution in [3.63, 3.8) is 0 Å². The fourth-order valence-electron chi connectivity index (χ4n) is 1.98. The number of rotatable bonds is 9. The zero-order valence-corrected chi connectivity index (χ0v) is 14.2. The number of hydrogen-bond donors (Lipinski definition) is 2. The van der Waals surface area contributed by atoms with Crippen LogP contribution in [0.3, 0.4) is 0 Å². The molecule has 0 spiro atoms. The molecule has 0 fully saturated rings. The molecule has 0 aromatic heterocycles. The average Bonchev–Trinajstić information content (AvgIpc) is 2.43. The predicted molar refractivity (Wildman–Crippen MR) is 86.6 cm³/mol. The smallest absolute Gasteiger partial charge is 0.257 e. The zero-order chi connectivity index (χ0) is 15.7. The van der Waals surface area contributed by atoms with E-state index in [1.54, 1.807) is 7.11 Å². The van der Waals surface area contributed by atoms with Gasteiger partial charge in [0.1, 0.15) is 5.75 Å². The standard InChI is InChI=1S/C15H23BrN2O3/c1-11-8-13(16)9-12(4-5-17)15(11)21-10-14(19)18-6-3-7-20-2/h8-9H,3-7,10,17H2,1-2H3,(H,18,19). The zero-order valence-electron chi connectivity index (χ0n) is 12.6. The summed E-state index contributed by atoms with van der Waals surface area (Å²) in [5, 5.41) is 2.79. The highest BCUT2D eigenvalue weighted by molar-refractivity contribution is 9.10. The molecule has 0 saturated heterocycles. The van der Waals surface area contributed by atoms with Crippen molar-refractivity contribution in [1.82, 2.24) is 5.32 Å². The highest BCUT2D eigenvalue weighted by Crippen LogP contribution is 2.28. The van der Waals surface area contributed by atoms with E-state index < -0.39 is 0 Å². The number of nitrogens with one attached hydrogen (secondary N) is 1. The van der Waals surface area contributed by atoms with Gasteiger partial charge in [0.2, 0.25) is 0 Å². The van der Waals surface area contributed by atoms with Gasteiger partial charge in [-0.2, -0.15) is 0 Å². The molecule has 3 N–H and O–H groups in total. The number of carbonyl (C=O) groups is 1. The van der Waals surface area contributed by atoms with Gasteiger partial charge in [-0.15, -0.1) is 0 Å². The molecule has 0 aliphatic carbocycles. The number of methoxy groups -OCH3 is 1. The number of ether oxygens (including phenoxy) is 2. The molecule has 0 atom stereocenters. The minimum atomic E-state index is -0.132. The van der Waals surface area contributed by atoms with Crippen LogP contribution in [0.1, 0.15) is 17.5 Å². The van der Waals surface area contributed by atoms with Gasteiger partial charge in [-0.25, -0.2) is 0 Å². The van der Waals surface area contributed by atoms with Crippen molar-refractivity contribution in [3.8, 4) is 5.75 Å². The summed E-state index contributed by atoms with van der Waals surface area (Å²) < 4.78 is 11.6. The Kier molecular flexibility index (Phi) is 8.34. The van der Waals surface area contributed by atoms with E-state index in [1.807, 2.05) is 19.1 Å². The van der Waals surface area contributed by atoms with E-state index in [1.165, 1.54) is 0 Å². The van der Waals surface area contributed by atoms with Crippen LogP contribution in [0.25, 0.3) is 0 Å². The van der Waals surface area contributed by atoms with Crippen LogP contribution in [-0.2, 0) is 16.0 Å². The topological polar surface area (TPSA) is 73.6 Å². The van der Waals surface area contributed by atoms with Crippen molar-refractivity contribution in [2.75, 3.05) is 33.4 Å². The molecule has 0 saturated carbocycles. The Hall–Kier alpha value is -1.11. The molecule has 21 heavy (non-hydrogen) atoms. The van der Waals surface area contributed by atoms with Gasteiger partial charge in [-0.3, -0.25) is 4.79 Å². The van der Waals surface area contributed by atoms with E-state index in [-0.39, 0.29) is 12.5 Å². The van der Waals surface area contributed by atoms with Crippen LogP contribution < -0.4 is 15.8 Å². The summed E-state index contributed by atoms with van der Waals surface area (Å²) in [6.07, 6.45) is 1.50. The molecule has 6 heteroatoms. The molecule has 118 valence electrons. The minimum Gasteiger partial charge on any atom is -0.483 e. The molecule has 5 nitrogen and oxygen atoms in total. The third kappa shape index (κ3) is 6.46. The predicted octanol–water partition coefficient (Wildman–Crippen LogP) is 1.79. The van der Waals surface area contributed by atoms with E-state index in [9.17, 15) is 4.79 Å². The van der Waals surface area contributed by atoms with Gasteiger partial charge in [0.05, 0.1) is 0 Å². The monoisotopic (exact) mass is 358 g/mol. The number of hydrogen-bond acceptors (Lipinski definition) is 4. The summed E-state index contributed by atoms with van der Waals surface area (Å²) in [6, 6.07) is 3.94. The third-order valence-electron chi connectivity index (χ3n) is 2.93. The molecule has 0 unspecified atom stereocenters. The van der Waals surface area contributed by atoms with Crippen LogP contribution in [0.5, 0.6) is 5.75 Å². The molecule has 1 rings (SSSR count). The lowest BCUT2D eigenvalue weighted by Gasteiger charge is -2.14. The van der Waals surface area contributed by atoms with Crippen LogP contribution in [0.15, 0.2) is 16.6 Å². The van der Waals surface area contributed by atoms with Crippen LogP contribution in [0, 0.1) is 6.92 Å². The first-order valence-corrected chi connectivity index (χ1v) is 7.75. The molecule has 0 heterocycles. The Bertz CT molecular complexity index is 466. The first-order chi connectivity index (χ1) is 10.1. The second-order valence-electron chi connectivity index (χ2n) is 4.73. The fraction of sp³-hybridized carbons (Fsp3) is 0.533. The van der Waals surface area contributed by atoms with Gasteiger partial charge < -0.3 is 20.5 Å². The van der Waals surface area contributed by atoms with E-state index in [0.717, 1.165) is 27.8 Å². The SMILES string of the molecule is COCCCNC(=O)COc1c(C)cc(Br)cc1CCN. The largest absolute Gasteiger partial charge is 0.483 e. The van der Waals surface area contributed by atoms with E-state index in [0.29, 0.717) is 26.1 Å². The molecule has 0 aliphatic rings. The van der Waals surface area contributed by atoms with E-state index in [4.69, 9.17) is 15.2 Å². The second-order valence-corrected chi connectivity index (χ2v) is 5.65. The maximum absolute atomic E-state index is 11.7. The number of halogens is 1. The summed E-state index contributed by atoms with van der Waals surface area (Å²) in [5.74, 6) is 0.614. The van der Waals surface area contributed by atoms with Gasteiger partial charge in [0, 0.05) is 24.7 Å². The lowest BCUT2D eigenvalue weighted by atomic mass is 10.1. The highest BCUT2D eigenvalue weighted by atomic mass is 79.9. The quantitative estimate of drug-likeness (QED) is 0.660. The summed E-state index contributed by atoms with van der Waals surface area (Å²) in [7, 11) is 1.64. The van der Waals surface area contributed by atoms with Crippen molar-refractivity contribution >= 4 is 21.8 Å². The summed E-state index contributed by atoms with van der Waals surface area (Å²) in [5.41, 5.74) is 7.61. The van der Waals surface area contributed by atoms with Gasteiger partial charge >= 0.3 is 0 Å². The van der Waals surface area contributed by atoms with E-state index in [2.05, 4.69) is 21.2 Å². The van der Waals surface area contributed by atoms with Crippen molar-refractivity contribution in [3.05, 3.63) is 27.7 Å².